The van der Waals surface area contributed by atoms with E-state index in [2.05, 4.69) is 15.7 Å². The van der Waals surface area contributed by atoms with Gasteiger partial charge in [0.1, 0.15) is 16.4 Å². The van der Waals surface area contributed by atoms with Crippen LogP contribution in [0.15, 0.2) is 36.5 Å². The first-order valence-electron chi connectivity index (χ1n) is 11.9. The SMILES string of the molecule is CCOC(=O)c1c(NC(=O)c2cnn3c2N[C@@H](c2ccccc2)C[C@H]3C(F)(F)F)sc2c1CCCC2. The zero-order chi connectivity index (χ0) is 25.4. The summed E-state index contributed by atoms with van der Waals surface area (Å²) >= 11 is 1.32. The van der Waals surface area contributed by atoms with Gasteiger partial charge < -0.3 is 15.4 Å². The zero-order valence-electron chi connectivity index (χ0n) is 19.5. The molecule has 1 amide bonds. The van der Waals surface area contributed by atoms with E-state index in [0.29, 0.717) is 22.5 Å². The number of benzene rings is 1. The van der Waals surface area contributed by atoms with Crippen LogP contribution in [0.2, 0.25) is 0 Å². The molecule has 2 atom stereocenters. The molecular formula is C25H25F3N4O3S. The van der Waals surface area contributed by atoms with E-state index in [-0.39, 0.29) is 24.4 Å². The van der Waals surface area contributed by atoms with Gasteiger partial charge in [0.15, 0.2) is 6.04 Å². The number of esters is 1. The van der Waals surface area contributed by atoms with Crippen molar-refractivity contribution < 1.29 is 27.5 Å². The average Bonchev–Trinajstić information content (AvgIpc) is 3.44. The van der Waals surface area contributed by atoms with Crippen LogP contribution in [0, 0.1) is 0 Å². The molecule has 2 aliphatic rings. The van der Waals surface area contributed by atoms with E-state index in [0.717, 1.165) is 40.6 Å². The average molecular weight is 519 g/mol. The van der Waals surface area contributed by atoms with Crippen LogP contribution in [-0.4, -0.2) is 34.4 Å². The van der Waals surface area contributed by atoms with Crippen LogP contribution in [0.3, 0.4) is 0 Å². The molecule has 5 rings (SSSR count). The number of aromatic nitrogens is 2. The van der Waals surface area contributed by atoms with Crippen molar-refractivity contribution in [2.24, 2.45) is 0 Å². The number of amides is 1. The highest BCUT2D eigenvalue weighted by atomic mass is 32.1. The lowest BCUT2D eigenvalue weighted by Gasteiger charge is -2.34. The Bertz CT molecular complexity index is 1290. The van der Waals surface area contributed by atoms with Gasteiger partial charge in [-0.05, 0) is 43.7 Å². The third-order valence-corrected chi connectivity index (χ3v) is 7.77. The number of nitrogens with one attached hydrogen (secondary N) is 2. The molecule has 36 heavy (non-hydrogen) atoms. The second kappa shape index (κ2) is 9.61. The highest BCUT2D eigenvalue weighted by molar-refractivity contribution is 7.17. The predicted molar refractivity (Wildman–Crippen MR) is 130 cm³/mol. The summed E-state index contributed by atoms with van der Waals surface area (Å²) in [6, 6.07) is 6.27. The number of hydrogen-bond donors (Lipinski definition) is 2. The third-order valence-electron chi connectivity index (χ3n) is 6.56. The van der Waals surface area contributed by atoms with Gasteiger partial charge in [0.2, 0.25) is 0 Å². The fourth-order valence-electron chi connectivity index (χ4n) is 4.88. The first kappa shape index (κ1) is 24.4. The quantitative estimate of drug-likeness (QED) is 0.410. The van der Waals surface area contributed by atoms with Gasteiger partial charge in [-0.25, -0.2) is 9.48 Å². The van der Waals surface area contributed by atoms with Crippen LogP contribution in [0.5, 0.6) is 0 Å². The van der Waals surface area contributed by atoms with Crippen LogP contribution >= 0.6 is 11.3 Å². The fraction of sp³-hybridized carbons (Fsp3) is 0.400. The molecule has 0 unspecified atom stereocenters. The van der Waals surface area contributed by atoms with E-state index in [4.69, 9.17) is 4.74 Å². The Morgan fingerprint density at radius 3 is 2.69 bits per heavy atom. The molecular weight excluding hydrogens is 493 g/mol. The molecule has 190 valence electrons. The number of alkyl halides is 3. The van der Waals surface area contributed by atoms with Crippen LogP contribution in [0.25, 0.3) is 0 Å². The van der Waals surface area contributed by atoms with Crippen molar-refractivity contribution in [3.8, 4) is 0 Å². The van der Waals surface area contributed by atoms with Gasteiger partial charge in [-0.1, -0.05) is 30.3 Å². The van der Waals surface area contributed by atoms with E-state index >= 15 is 0 Å². The molecule has 7 nitrogen and oxygen atoms in total. The van der Waals surface area contributed by atoms with Gasteiger partial charge in [0.05, 0.1) is 24.4 Å². The molecule has 1 aliphatic carbocycles. The molecule has 1 aromatic carbocycles. The van der Waals surface area contributed by atoms with Gasteiger partial charge in [-0.15, -0.1) is 11.3 Å². The van der Waals surface area contributed by atoms with Crippen LogP contribution in [0.4, 0.5) is 24.0 Å². The number of anilines is 2. The van der Waals surface area contributed by atoms with Gasteiger partial charge in [-0.3, -0.25) is 4.79 Å². The maximum Gasteiger partial charge on any atom is 0.410 e. The minimum absolute atomic E-state index is 0.00562. The van der Waals surface area contributed by atoms with Crippen molar-refractivity contribution in [3.05, 3.63) is 63.7 Å². The van der Waals surface area contributed by atoms with E-state index in [1.807, 2.05) is 0 Å². The number of nitrogens with zero attached hydrogens (tertiary/aromatic N) is 2. The standard InChI is InChI=1S/C25H25F3N4O3S/c1-2-35-24(34)20-15-10-6-7-11-18(15)36-23(20)31-22(33)16-13-29-32-19(25(26,27)28)12-17(30-21(16)32)14-8-4-3-5-9-14/h3-5,8-9,13,17,19,30H,2,6-7,10-12H2,1H3,(H,31,33)/t17-,19+/m1/s1. The van der Waals surface area contributed by atoms with Gasteiger partial charge in [0.25, 0.3) is 5.91 Å². The summed E-state index contributed by atoms with van der Waals surface area (Å²) in [6.45, 7) is 1.90. The Kier molecular flexibility index (Phi) is 6.50. The van der Waals surface area contributed by atoms with Gasteiger partial charge >= 0.3 is 12.1 Å². The molecule has 2 aromatic heterocycles. The lowest BCUT2D eigenvalue weighted by molar-refractivity contribution is -0.173. The summed E-state index contributed by atoms with van der Waals surface area (Å²) in [4.78, 5) is 27.1. The minimum atomic E-state index is -4.55. The van der Waals surface area contributed by atoms with Crippen molar-refractivity contribution in [2.75, 3.05) is 17.2 Å². The summed E-state index contributed by atoms with van der Waals surface area (Å²) in [6.07, 6.45) is -0.220. The van der Waals surface area contributed by atoms with Gasteiger partial charge in [0, 0.05) is 11.3 Å². The molecule has 2 N–H and O–H groups in total. The Hall–Kier alpha value is -3.34. The van der Waals surface area contributed by atoms with Crippen molar-refractivity contribution >= 4 is 34.0 Å². The van der Waals surface area contributed by atoms with Crippen LogP contribution < -0.4 is 10.6 Å². The smallest absolute Gasteiger partial charge is 0.410 e. The number of aryl methyl sites for hydroxylation is 1. The van der Waals surface area contributed by atoms with Crippen molar-refractivity contribution in [1.82, 2.24) is 9.78 Å². The minimum Gasteiger partial charge on any atom is -0.462 e. The Morgan fingerprint density at radius 1 is 1.22 bits per heavy atom. The van der Waals surface area contributed by atoms with E-state index in [1.165, 1.54) is 11.3 Å². The first-order chi connectivity index (χ1) is 17.3. The van der Waals surface area contributed by atoms with Crippen LogP contribution in [-0.2, 0) is 17.6 Å². The number of hydrogen-bond acceptors (Lipinski definition) is 6. The molecule has 0 radical (unpaired) electrons. The lowest BCUT2D eigenvalue weighted by Crippen LogP contribution is -2.36. The normalized spacial score (nSPS) is 19.1. The van der Waals surface area contributed by atoms with Crippen molar-refractivity contribution in [1.29, 1.82) is 0 Å². The number of fused-ring (bicyclic) bond motifs is 2. The number of ether oxygens (including phenoxy) is 1. The van der Waals surface area contributed by atoms with E-state index in [1.54, 1.807) is 37.3 Å². The molecule has 3 heterocycles. The molecule has 0 fully saturated rings. The third kappa shape index (κ3) is 4.47. The largest absolute Gasteiger partial charge is 0.462 e. The molecule has 11 heteroatoms. The number of carbonyl (C=O) groups is 2. The number of rotatable bonds is 5. The van der Waals surface area contributed by atoms with Crippen LogP contribution in [0.1, 0.15) is 75.0 Å². The highest BCUT2D eigenvalue weighted by Crippen LogP contribution is 2.45. The number of carbonyl (C=O) groups excluding carboxylic acids is 2. The predicted octanol–water partition coefficient (Wildman–Crippen LogP) is 5.91. The summed E-state index contributed by atoms with van der Waals surface area (Å²) in [7, 11) is 0. The Balaban J connectivity index is 1.49. The van der Waals surface area contributed by atoms with Gasteiger partial charge in [-0.2, -0.15) is 18.3 Å². The van der Waals surface area contributed by atoms with E-state index < -0.39 is 30.1 Å². The molecule has 1 aliphatic heterocycles. The fourth-order valence-corrected chi connectivity index (χ4v) is 6.15. The maximum atomic E-state index is 14.0. The summed E-state index contributed by atoms with van der Waals surface area (Å²) < 4.78 is 48.0. The highest BCUT2D eigenvalue weighted by Gasteiger charge is 2.47. The topological polar surface area (TPSA) is 85.2 Å². The lowest BCUT2D eigenvalue weighted by atomic mass is 9.95. The summed E-state index contributed by atoms with van der Waals surface area (Å²) in [5, 5.41) is 10.1. The van der Waals surface area contributed by atoms with Crippen molar-refractivity contribution in [2.45, 2.75) is 57.3 Å². The van der Waals surface area contributed by atoms with E-state index in [9.17, 15) is 22.8 Å². The first-order valence-corrected chi connectivity index (χ1v) is 12.7. The zero-order valence-corrected chi connectivity index (χ0v) is 20.3. The monoisotopic (exact) mass is 518 g/mol. The van der Waals surface area contributed by atoms with Crippen molar-refractivity contribution in [3.63, 3.8) is 0 Å². The molecule has 0 spiro atoms. The Labute approximate surface area is 209 Å². The second-order valence-electron chi connectivity index (χ2n) is 8.84. The summed E-state index contributed by atoms with van der Waals surface area (Å²) in [5.74, 6) is -1.15. The number of thiophene rings is 1. The second-order valence-corrected chi connectivity index (χ2v) is 9.95. The molecule has 3 aromatic rings. The molecule has 0 bridgehead atoms. The molecule has 0 saturated carbocycles. The Morgan fingerprint density at radius 2 is 1.97 bits per heavy atom. The molecule has 0 saturated heterocycles. The summed E-state index contributed by atoms with van der Waals surface area (Å²) in [5.41, 5.74) is 1.89. The maximum absolute atomic E-state index is 14.0. The number of halogens is 3.